The Morgan fingerprint density at radius 3 is 3.11 bits per heavy atom. The Labute approximate surface area is 106 Å². The van der Waals surface area contributed by atoms with E-state index in [1.54, 1.807) is 0 Å². The van der Waals surface area contributed by atoms with E-state index < -0.39 is 0 Å². The van der Waals surface area contributed by atoms with Gasteiger partial charge in [0.15, 0.2) is 0 Å². The molecule has 0 amide bonds. The van der Waals surface area contributed by atoms with E-state index in [0.29, 0.717) is 17.9 Å². The zero-order chi connectivity index (χ0) is 12.4. The predicted octanol–water partition coefficient (Wildman–Crippen LogP) is 2.47. The maximum absolute atomic E-state index is 5.44. The summed E-state index contributed by atoms with van der Waals surface area (Å²) < 4.78 is 5.44. The molecule has 1 aliphatic heterocycles. The van der Waals surface area contributed by atoms with Crippen molar-refractivity contribution in [3.63, 3.8) is 0 Å². The van der Waals surface area contributed by atoms with E-state index in [2.05, 4.69) is 22.2 Å². The molecule has 2 heterocycles. The number of nitrogens with zero attached hydrogens (tertiary/aromatic N) is 2. The molecule has 1 fully saturated rings. The number of benzene rings is 1. The van der Waals surface area contributed by atoms with Crippen LogP contribution in [0.1, 0.15) is 13.3 Å². The maximum atomic E-state index is 5.44. The SMILES string of the molecule is CC1COCCC1Nc1ncc2ccccc2n1. The first-order chi connectivity index (χ1) is 8.83. The second-order valence-electron chi connectivity index (χ2n) is 4.84. The minimum atomic E-state index is 0.403. The van der Waals surface area contributed by atoms with Gasteiger partial charge in [-0.3, -0.25) is 0 Å². The van der Waals surface area contributed by atoms with Gasteiger partial charge in [0, 0.05) is 24.2 Å². The lowest BCUT2D eigenvalue weighted by Crippen LogP contribution is -2.36. The summed E-state index contributed by atoms with van der Waals surface area (Å²) in [5.41, 5.74) is 0.981. The van der Waals surface area contributed by atoms with Crippen molar-refractivity contribution in [1.29, 1.82) is 0 Å². The summed E-state index contributed by atoms with van der Waals surface area (Å²) in [6, 6.07) is 8.43. The summed E-state index contributed by atoms with van der Waals surface area (Å²) in [7, 11) is 0. The molecule has 0 saturated carbocycles. The Morgan fingerprint density at radius 2 is 2.22 bits per heavy atom. The molecule has 2 unspecified atom stereocenters. The van der Waals surface area contributed by atoms with Crippen LogP contribution in [-0.2, 0) is 4.74 Å². The number of nitrogens with one attached hydrogen (secondary N) is 1. The average molecular weight is 243 g/mol. The highest BCUT2D eigenvalue weighted by Gasteiger charge is 2.22. The first-order valence-corrected chi connectivity index (χ1v) is 6.39. The molecule has 0 spiro atoms. The molecule has 0 bridgehead atoms. The smallest absolute Gasteiger partial charge is 0.223 e. The highest BCUT2D eigenvalue weighted by Crippen LogP contribution is 2.19. The van der Waals surface area contributed by atoms with Crippen LogP contribution >= 0.6 is 0 Å². The van der Waals surface area contributed by atoms with E-state index in [4.69, 9.17) is 4.74 Å². The molecule has 18 heavy (non-hydrogen) atoms. The summed E-state index contributed by atoms with van der Waals surface area (Å²) in [6.45, 7) is 3.82. The van der Waals surface area contributed by atoms with Gasteiger partial charge in [-0.25, -0.2) is 9.97 Å². The third kappa shape index (κ3) is 2.29. The van der Waals surface area contributed by atoms with Crippen LogP contribution in [0.2, 0.25) is 0 Å². The highest BCUT2D eigenvalue weighted by molar-refractivity contribution is 5.78. The van der Waals surface area contributed by atoms with Gasteiger partial charge in [-0.15, -0.1) is 0 Å². The van der Waals surface area contributed by atoms with Crippen molar-refractivity contribution in [2.45, 2.75) is 19.4 Å². The molecular weight excluding hydrogens is 226 g/mol. The Bertz CT molecular complexity index is 543. The average Bonchev–Trinajstić information content (AvgIpc) is 2.41. The lowest BCUT2D eigenvalue weighted by molar-refractivity contribution is 0.0536. The van der Waals surface area contributed by atoms with Gasteiger partial charge >= 0.3 is 0 Å². The topological polar surface area (TPSA) is 47.0 Å². The van der Waals surface area contributed by atoms with Crippen molar-refractivity contribution in [1.82, 2.24) is 9.97 Å². The molecule has 0 aliphatic carbocycles. The second kappa shape index (κ2) is 4.90. The minimum Gasteiger partial charge on any atom is -0.381 e. The number of ether oxygens (including phenoxy) is 1. The van der Waals surface area contributed by atoms with E-state index in [9.17, 15) is 0 Å². The molecule has 1 aromatic heterocycles. The van der Waals surface area contributed by atoms with Crippen molar-refractivity contribution < 1.29 is 4.74 Å². The van der Waals surface area contributed by atoms with Gasteiger partial charge in [0.25, 0.3) is 0 Å². The molecular formula is C14H17N3O. The molecule has 1 aromatic carbocycles. The van der Waals surface area contributed by atoms with Crippen LogP contribution < -0.4 is 5.32 Å². The highest BCUT2D eigenvalue weighted by atomic mass is 16.5. The largest absolute Gasteiger partial charge is 0.381 e. The fraction of sp³-hybridized carbons (Fsp3) is 0.429. The first kappa shape index (κ1) is 11.4. The van der Waals surface area contributed by atoms with E-state index >= 15 is 0 Å². The summed E-state index contributed by atoms with van der Waals surface area (Å²) in [5, 5.41) is 4.49. The molecule has 1 saturated heterocycles. The second-order valence-corrected chi connectivity index (χ2v) is 4.84. The van der Waals surface area contributed by atoms with Crippen LogP contribution in [0.25, 0.3) is 10.9 Å². The van der Waals surface area contributed by atoms with Gasteiger partial charge in [0.2, 0.25) is 5.95 Å². The summed E-state index contributed by atoms with van der Waals surface area (Å²) >= 11 is 0. The van der Waals surface area contributed by atoms with Crippen LogP contribution in [0.15, 0.2) is 30.5 Å². The number of hydrogen-bond acceptors (Lipinski definition) is 4. The zero-order valence-electron chi connectivity index (χ0n) is 10.5. The van der Waals surface area contributed by atoms with Gasteiger partial charge in [0.05, 0.1) is 12.1 Å². The maximum Gasteiger partial charge on any atom is 0.223 e. The number of para-hydroxylation sites is 1. The molecule has 4 nitrogen and oxygen atoms in total. The van der Waals surface area contributed by atoms with Gasteiger partial charge in [-0.2, -0.15) is 0 Å². The van der Waals surface area contributed by atoms with E-state index in [1.807, 2.05) is 30.5 Å². The molecule has 1 N–H and O–H groups in total. The van der Waals surface area contributed by atoms with Crippen LogP contribution in [0, 0.1) is 5.92 Å². The number of aromatic nitrogens is 2. The lowest BCUT2D eigenvalue weighted by Gasteiger charge is -2.29. The summed E-state index contributed by atoms with van der Waals surface area (Å²) in [4.78, 5) is 8.91. The number of anilines is 1. The standard InChI is InChI=1S/C14H17N3O/c1-10-9-18-7-6-12(10)16-14-15-8-11-4-2-3-5-13(11)17-14/h2-5,8,10,12H,6-7,9H2,1H3,(H,15,16,17). The quantitative estimate of drug-likeness (QED) is 0.880. The predicted molar refractivity (Wildman–Crippen MR) is 71.5 cm³/mol. The summed E-state index contributed by atoms with van der Waals surface area (Å²) in [5.74, 6) is 1.21. The van der Waals surface area contributed by atoms with Crippen molar-refractivity contribution in [3.05, 3.63) is 30.5 Å². The van der Waals surface area contributed by atoms with Gasteiger partial charge in [-0.1, -0.05) is 25.1 Å². The van der Waals surface area contributed by atoms with E-state index in [-0.39, 0.29) is 0 Å². The van der Waals surface area contributed by atoms with Crippen molar-refractivity contribution >= 4 is 16.9 Å². The van der Waals surface area contributed by atoms with E-state index in [1.165, 1.54) is 0 Å². The Balaban J connectivity index is 1.81. The molecule has 0 radical (unpaired) electrons. The van der Waals surface area contributed by atoms with Crippen LogP contribution in [0.5, 0.6) is 0 Å². The molecule has 2 aromatic rings. The fourth-order valence-corrected chi connectivity index (χ4v) is 2.30. The minimum absolute atomic E-state index is 0.403. The lowest BCUT2D eigenvalue weighted by atomic mass is 9.98. The molecule has 3 rings (SSSR count). The third-order valence-electron chi connectivity index (χ3n) is 3.44. The summed E-state index contributed by atoms with van der Waals surface area (Å²) in [6.07, 6.45) is 2.88. The fourth-order valence-electron chi connectivity index (χ4n) is 2.30. The third-order valence-corrected chi connectivity index (χ3v) is 3.44. The van der Waals surface area contributed by atoms with Crippen molar-refractivity contribution in [2.75, 3.05) is 18.5 Å². The van der Waals surface area contributed by atoms with Crippen LogP contribution in [0.3, 0.4) is 0 Å². The van der Waals surface area contributed by atoms with E-state index in [0.717, 1.165) is 30.5 Å². The molecule has 4 heteroatoms. The van der Waals surface area contributed by atoms with Crippen LogP contribution in [0.4, 0.5) is 5.95 Å². The molecule has 1 aliphatic rings. The Hall–Kier alpha value is -1.68. The van der Waals surface area contributed by atoms with Gasteiger partial charge in [0.1, 0.15) is 0 Å². The number of hydrogen-bond donors (Lipinski definition) is 1. The number of fused-ring (bicyclic) bond motifs is 1. The zero-order valence-corrected chi connectivity index (χ0v) is 10.5. The normalized spacial score (nSPS) is 24.1. The van der Waals surface area contributed by atoms with Crippen molar-refractivity contribution in [3.8, 4) is 0 Å². The van der Waals surface area contributed by atoms with Gasteiger partial charge < -0.3 is 10.1 Å². The number of rotatable bonds is 2. The Kier molecular flexibility index (Phi) is 3.11. The van der Waals surface area contributed by atoms with Crippen molar-refractivity contribution in [2.24, 2.45) is 5.92 Å². The first-order valence-electron chi connectivity index (χ1n) is 6.39. The van der Waals surface area contributed by atoms with Crippen LogP contribution in [-0.4, -0.2) is 29.2 Å². The molecule has 2 atom stereocenters. The Morgan fingerprint density at radius 1 is 1.33 bits per heavy atom. The van der Waals surface area contributed by atoms with Gasteiger partial charge in [-0.05, 0) is 18.4 Å². The molecule has 94 valence electrons. The monoisotopic (exact) mass is 243 g/mol.